The Morgan fingerprint density at radius 3 is 2.70 bits per heavy atom. The van der Waals surface area contributed by atoms with E-state index in [9.17, 15) is 14.0 Å². The molecule has 1 fully saturated rings. The van der Waals surface area contributed by atoms with Gasteiger partial charge in [-0.3, -0.25) is 4.79 Å². The van der Waals surface area contributed by atoms with Gasteiger partial charge in [-0.05, 0) is 37.6 Å². The topological polar surface area (TPSA) is 66.8 Å². The van der Waals surface area contributed by atoms with E-state index in [4.69, 9.17) is 9.84 Å². The number of amides is 1. The van der Waals surface area contributed by atoms with E-state index in [2.05, 4.69) is 0 Å². The van der Waals surface area contributed by atoms with Crippen molar-refractivity contribution < 1.29 is 23.8 Å². The Kier molecular flexibility index (Phi) is 4.04. The van der Waals surface area contributed by atoms with Gasteiger partial charge in [0.1, 0.15) is 5.82 Å². The lowest BCUT2D eigenvalue weighted by atomic mass is 10.1. The largest absolute Gasteiger partial charge is 0.479 e. The lowest BCUT2D eigenvalue weighted by Crippen LogP contribution is -2.51. The molecule has 1 aliphatic heterocycles. The van der Waals surface area contributed by atoms with Crippen molar-refractivity contribution in [3.8, 4) is 0 Å². The summed E-state index contributed by atoms with van der Waals surface area (Å²) in [5, 5.41) is 8.99. The highest BCUT2D eigenvalue weighted by Crippen LogP contribution is 2.16. The molecule has 1 heterocycles. The lowest BCUT2D eigenvalue weighted by molar-refractivity contribution is -0.160. The smallest absolute Gasteiger partial charge is 0.334 e. The van der Waals surface area contributed by atoms with Crippen LogP contribution in [0.25, 0.3) is 0 Å². The van der Waals surface area contributed by atoms with Crippen LogP contribution in [-0.2, 0) is 9.53 Å². The van der Waals surface area contributed by atoms with Crippen molar-refractivity contribution in [2.45, 2.75) is 26.1 Å². The molecular weight excluding hydrogens is 265 g/mol. The van der Waals surface area contributed by atoms with Crippen LogP contribution in [0.2, 0.25) is 0 Å². The van der Waals surface area contributed by atoms with Crippen molar-refractivity contribution in [3.05, 3.63) is 35.1 Å². The molecule has 0 radical (unpaired) electrons. The Morgan fingerprint density at radius 1 is 1.40 bits per heavy atom. The second-order valence-electron chi connectivity index (χ2n) is 4.95. The molecule has 1 N–H and O–H groups in total. The van der Waals surface area contributed by atoms with Crippen molar-refractivity contribution >= 4 is 11.9 Å². The summed E-state index contributed by atoms with van der Waals surface area (Å²) >= 11 is 0. The molecule has 2 rings (SSSR count). The number of ether oxygens (including phenoxy) is 1. The number of morpholine rings is 1. The predicted octanol–water partition coefficient (Wildman–Crippen LogP) is 1.45. The molecule has 0 aromatic heterocycles. The van der Waals surface area contributed by atoms with Gasteiger partial charge in [-0.25, -0.2) is 9.18 Å². The van der Waals surface area contributed by atoms with Gasteiger partial charge in [0.2, 0.25) is 0 Å². The van der Waals surface area contributed by atoms with Gasteiger partial charge in [0.15, 0.2) is 6.10 Å². The third-order valence-electron chi connectivity index (χ3n) is 3.23. The van der Waals surface area contributed by atoms with Gasteiger partial charge in [-0.1, -0.05) is 0 Å². The summed E-state index contributed by atoms with van der Waals surface area (Å²) in [5.41, 5.74) is 0.731. The third kappa shape index (κ3) is 2.96. The number of hydrogen-bond donors (Lipinski definition) is 1. The zero-order valence-corrected chi connectivity index (χ0v) is 11.3. The lowest BCUT2D eigenvalue weighted by Gasteiger charge is -2.35. The van der Waals surface area contributed by atoms with Crippen LogP contribution >= 0.6 is 0 Å². The second-order valence-corrected chi connectivity index (χ2v) is 4.95. The van der Waals surface area contributed by atoms with Crippen LogP contribution in [0.3, 0.4) is 0 Å². The first kappa shape index (κ1) is 14.5. The molecule has 0 bridgehead atoms. The molecule has 1 aromatic carbocycles. The van der Waals surface area contributed by atoms with Crippen LogP contribution in [0.5, 0.6) is 0 Å². The normalized spacial score (nSPS) is 22.6. The molecule has 1 aromatic rings. The Bertz CT molecular complexity index is 546. The van der Waals surface area contributed by atoms with E-state index >= 15 is 0 Å². The van der Waals surface area contributed by atoms with Gasteiger partial charge in [0.05, 0.1) is 12.6 Å². The molecule has 1 amide bonds. The number of aliphatic carboxylic acids is 1. The van der Waals surface area contributed by atoms with Gasteiger partial charge < -0.3 is 14.7 Å². The van der Waals surface area contributed by atoms with E-state index in [1.54, 1.807) is 13.8 Å². The highest BCUT2D eigenvalue weighted by molar-refractivity contribution is 5.94. The highest BCUT2D eigenvalue weighted by atomic mass is 19.1. The second kappa shape index (κ2) is 5.58. The van der Waals surface area contributed by atoms with Crippen molar-refractivity contribution in [2.24, 2.45) is 0 Å². The number of carbonyl (C=O) groups is 2. The Hall–Kier alpha value is -1.95. The van der Waals surface area contributed by atoms with Crippen molar-refractivity contribution in [3.63, 3.8) is 0 Å². The maximum Gasteiger partial charge on any atom is 0.334 e. The van der Waals surface area contributed by atoms with E-state index in [0.717, 1.165) is 0 Å². The fourth-order valence-electron chi connectivity index (χ4n) is 2.21. The monoisotopic (exact) mass is 281 g/mol. The van der Waals surface area contributed by atoms with Crippen molar-refractivity contribution in [1.29, 1.82) is 0 Å². The number of rotatable bonds is 2. The number of carboxylic acid groups (broad SMARTS) is 1. The van der Waals surface area contributed by atoms with Crippen molar-refractivity contribution in [1.82, 2.24) is 4.90 Å². The Balaban J connectivity index is 2.19. The molecule has 6 heteroatoms. The molecule has 1 aliphatic rings. The maximum absolute atomic E-state index is 13.2. The molecular formula is C14H16FNO4. The molecule has 0 spiro atoms. The molecule has 108 valence electrons. The van der Waals surface area contributed by atoms with Crippen LogP contribution < -0.4 is 0 Å². The number of nitrogens with zero attached hydrogens (tertiary/aromatic N) is 1. The van der Waals surface area contributed by atoms with E-state index in [-0.39, 0.29) is 24.4 Å². The summed E-state index contributed by atoms with van der Waals surface area (Å²) in [6.45, 7) is 3.60. The quantitative estimate of drug-likeness (QED) is 0.891. The molecule has 1 unspecified atom stereocenters. The standard InChI is InChI=1S/C14H16FNO4/c1-8-5-10(3-4-11(8)15)13(17)16-6-9(2)20-12(7-16)14(18)19/h3-5,9,12H,6-7H2,1-2H3,(H,18,19)/t9-,12?/m1/s1. The third-order valence-corrected chi connectivity index (χ3v) is 3.23. The van der Waals surface area contributed by atoms with Gasteiger partial charge >= 0.3 is 5.97 Å². The summed E-state index contributed by atoms with van der Waals surface area (Å²) in [6, 6.07) is 4.11. The van der Waals surface area contributed by atoms with Crippen molar-refractivity contribution in [2.75, 3.05) is 13.1 Å². The summed E-state index contributed by atoms with van der Waals surface area (Å²) in [6.07, 6.45) is -1.38. The molecule has 20 heavy (non-hydrogen) atoms. The number of carboxylic acids is 1. The first-order valence-electron chi connectivity index (χ1n) is 6.32. The Labute approximate surface area is 116 Å². The minimum Gasteiger partial charge on any atom is -0.479 e. The summed E-state index contributed by atoms with van der Waals surface area (Å²) in [4.78, 5) is 24.8. The molecule has 2 atom stereocenters. The maximum atomic E-state index is 13.2. The van der Waals surface area contributed by atoms with E-state index < -0.39 is 12.1 Å². The minimum absolute atomic E-state index is 0.00503. The zero-order chi connectivity index (χ0) is 14.9. The van der Waals surface area contributed by atoms with Crippen LogP contribution in [-0.4, -0.2) is 47.2 Å². The number of carbonyl (C=O) groups excluding carboxylic acids is 1. The van der Waals surface area contributed by atoms with E-state index in [1.165, 1.54) is 23.1 Å². The SMILES string of the molecule is Cc1cc(C(=O)N2CC(C(=O)O)O[C@H](C)C2)ccc1F. The van der Waals surface area contributed by atoms with Crippen LogP contribution in [0.1, 0.15) is 22.8 Å². The minimum atomic E-state index is -1.09. The van der Waals surface area contributed by atoms with Gasteiger partial charge in [0.25, 0.3) is 5.91 Å². The first-order chi connectivity index (χ1) is 9.38. The molecule has 5 nitrogen and oxygen atoms in total. The predicted molar refractivity (Wildman–Crippen MR) is 69.0 cm³/mol. The fraction of sp³-hybridized carbons (Fsp3) is 0.429. The number of hydrogen-bond acceptors (Lipinski definition) is 3. The number of halogens is 1. The van der Waals surface area contributed by atoms with Crippen LogP contribution in [0.4, 0.5) is 4.39 Å². The first-order valence-corrected chi connectivity index (χ1v) is 6.32. The summed E-state index contributed by atoms with van der Waals surface area (Å²) < 4.78 is 18.5. The van der Waals surface area contributed by atoms with Crippen LogP contribution in [0, 0.1) is 12.7 Å². The number of aryl methyl sites for hydroxylation is 1. The summed E-state index contributed by atoms with van der Waals surface area (Å²) in [7, 11) is 0. The van der Waals surface area contributed by atoms with E-state index in [0.29, 0.717) is 17.7 Å². The summed E-state index contributed by atoms with van der Waals surface area (Å²) in [5.74, 6) is -1.78. The van der Waals surface area contributed by atoms with E-state index in [1.807, 2.05) is 0 Å². The molecule has 0 saturated carbocycles. The molecule has 0 aliphatic carbocycles. The average molecular weight is 281 g/mol. The average Bonchev–Trinajstić information content (AvgIpc) is 2.40. The highest BCUT2D eigenvalue weighted by Gasteiger charge is 2.33. The van der Waals surface area contributed by atoms with Gasteiger partial charge in [-0.15, -0.1) is 0 Å². The zero-order valence-electron chi connectivity index (χ0n) is 11.3. The molecule has 1 saturated heterocycles. The fourth-order valence-corrected chi connectivity index (χ4v) is 2.21. The number of benzene rings is 1. The Morgan fingerprint density at radius 2 is 2.10 bits per heavy atom. The van der Waals surface area contributed by atoms with Gasteiger partial charge in [-0.2, -0.15) is 0 Å². The van der Waals surface area contributed by atoms with Gasteiger partial charge in [0, 0.05) is 12.1 Å². The van der Waals surface area contributed by atoms with Crippen LogP contribution in [0.15, 0.2) is 18.2 Å².